The highest BCUT2D eigenvalue weighted by Crippen LogP contribution is 2.33. The smallest absolute Gasteiger partial charge is 0.277 e. The van der Waals surface area contributed by atoms with E-state index in [1.54, 1.807) is 28.3 Å². The second-order valence-corrected chi connectivity index (χ2v) is 8.60. The molecule has 4 aromatic rings. The third-order valence-corrected chi connectivity index (χ3v) is 5.80. The van der Waals surface area contributed by atoms with E-state index in [9.17, 15) is 9.59 Å². The predicted molar refractivity (Wildman–Crippen MR) is 141 cm³/mol. The molecule has 198 valence electrons. The highest BCUT2D eigenvalue weighted by Gasteiger charge is 2.19. The van der Waals surface area contributed by atoms with E-state index in [-0.39, 0.29) is 24.5 Å². The maximum atomic E-state index is 13.1. The SMILES string of the molecule is CCCc1nc(C)c2c(=O)[nH]c(-c3cc(-c4cc(NC(=O)COC)n(CCC#N)n4)ccc3OCC)nn12. The number of aryl methyl sites for hydroxylation is 3. The van der Waals surface area contributed by atoms with Crippen LogP contribution in [0.2, 0.25) is 0 Å². The van der Waals surface area contributed by atoms with Crippen molar-refractivity contribution in [2.24, 2.45) is 0 Å². The number of carbonyl (C=O) groups is 1. The number of hydrogen-bond acceptors (Lipinski definition) is 8. The van der Waals surface area contributed by atoms with Gasteiger partial charge in [-0.2, -0.15) is 10.4 Å². The molecule has 12 heteroatoms. The summed E-state index contributed by atoms with van der Waals surface area (Å²) in [5.41, 5.74) is 2.60. The van der Waals surface area contributed by atoms with Gasteiger partial charge in [-0.1, -0.05) is 6.92 Å². The van der Waals surface area contributed by atoms with Crippen molar-refractivity contribution in [2.45, 2.75) is 46.6 Å². The lowest BCUT2D eigenvalue weighted by molar-refractivity contribution is -0.119. The Bertz CT molecular complexity index is 1560. The number of nitrogens with one attached hydrogen (secondary N) is 2. The molecule has 0 bridgehead atoms. The quantitative estimate of drug-likeness (QED) is 0.307. The van der Waals surface area contributed by atoms with Gasteiger partial charge in [0.2, 0.25) is 0 Å². The summed E-state index contributed by atoms with van der Waals surface area (Å²) in [5.74, 6) is 1.70. The molecule has 38 heavy (non-hydrogen) atoms. The number of ether oxygens (including phenoxy) is 2. The van der Waals surface area contributed by atoms with Gasteiger partial charge in [0.1, 0.15) is 24.0 Å². The van der Waals surface area contributed by atoms with E-state index in [2.05, 4.69) is 26.5 Å². The molecule has 12 nitrogen and oxygen atoms in total. The van der Waals surface area contributed by atoms with Gasteiger partial charge in [-0.15, -0.1) is 5.10 Å². The zero-order chi connectivity index (χ0) is 27.2. The summed E-state index contributed by atoms with van der Waals surface area (Å²) in [6, 6.07) is 9.28. The summed E-state index contributed by atoms with van der Waals surface area (Å²) in [5, 5.41) is 21.2. The Morgan fingerprint density at radius 3 is 2.76 bits per heavy atom. The molecule has 2 N–H and O–H groups in total. The van der Waals surface area contributed by atoms with Crippen molar-refractivity contribution in [1.29, 1.82) is 5.26 Å². The maximum absolute atomic E-state index is 13.1. The van der Waals surface area contributed by atoms with Crippen molar-refractivity contribution < 1.29 is 14.3 Å². The number of carbonyl (C=O) groups excluding carboxylic acids is 1. The standard InChI is InChI=1S/C26H30N8O4/c1-5-8-21-28-16(3)24-26(36)30-25(32-34(21)24)18-13-17(9-10-20(18)38-6-2)19-14-22(29-23(35)15-37-4)33(31-19)12-7-11-27/h9-10,13-14H,5-8,12,15H2,1-4H3,(H,29,35)(H,30,32,36). The molecular weight excluding hydrogens is 488 g/mol. The second kappa shape index (κ2) is 11.7. The Hall–Kier alpha value is -4.50. The van der Waals surface area contributed by atoms with Crippen molar-refractivity contribution in [3.63, 3.8) is 0 Å². The van der Waals surface area contributed by atoms with Crippen molar-refractivity contribution in [2.75, 3.05) is 25.6 Å². The van der Waals surface area contributed by atoms with Gasteiger partial charge in [-0.3, -0.25) is 9.59 Å². The van der Waals surface area contributed by atoms with Crippen LogP contribution in [-0.4, -0.2) is 55.6 Å². The Kier molecular flexibility index (Phi) is 8.18. The maximum Gasteiger partial charge on any atom is 0.277 e. The molecule has 0 saturated heterocycles. The van der Waals surface area contributed by atoms with Gasteiger partial charge in [0.25, 0.3) is 11.5 Å². The average Bonchev–Trinajstić information content (AvgIpc) is 3.43. The van der Waals surface area contributed by atoms with Crippen molar-refractivity contribution >= 4 is 17.2 Å². The topological polar surface area (TPSA) is 152 Å². The molecule has 0 fully saturated rings. The number of rotatable bonds is 11. The van der Waals surface area contributed by atoms with E-state index in [4.69, 9.17) is 19.8 Å². The number of aromatic nitrogens is 6. The predicted octanol–water partition coefficient (Wildman–Crippen LogP) is 3.11. The molecule has 4 rings (SSSR count). The van der Waals surface area contributed by atoms with E-state index >= 15 is 0 Å². The first-order valence-electron chi connectivity index (χ1n) is 12.4. The van der Waals surface area contributed by atoms with Gasteiger partial charge in [-0.05, 0) is 38.5 Å². The number of nitrogens with zero attached hydrogens (tertiary/aromatic N) is 6. The molecule has 0 atom stereocenters. The zero-order valence-electron chi connectivity index (χ0n) is 21.9. The molecule has 0 spiro atoms. The molecule has 0 unspecified atom stereocenters. The number of fused-ring (bicyclic) bond motifs is 1. The average molecular weight is 519 g/mol. The molecule has 1 amide bonds. The van der Waals surface area contributed by atoms with Gasteiger partial charge < -0.3 is 19.8 Å². The fraction of sp³-hybridized carbons (Fsp3) is 0.385. The zero-order valence-corrected chi connectivity index (χ0v) is 21.9. The fourth-order valence-electron chi connectivity index (χ4n) is 4.19. The van der Waals surface area contributed by atoms with Gasteiger partial charge in [-0.25, -0.2) is 14.2 Å². The van der Waals surface area contributed by atoms with Crippen molar-refractivity contribution in [3.8, 4) is 34.5 Å². The van der Waals surface area contributed by atoms with Crippen LogP contribution in [0.3, 0.4) is 0 Å². The molecule has 1 aromatic carbocycles. The second-order valence-electron chi connectivity index (χ2n) is 8.60. The number of H-pyrrole nitrogens is 1. The number of anilines is 1. The van der Waals surface area contributed by atoms with Crippen LogP contribution in [0.15, 0.2) is 29.1 Å². The van der Waals surface area contributed by atoms with E-state index in [0.29, 0.717) is 70.8 Å². The first kappa shape index (κ1) is 26.6. The number of nitriles is 1. The molecule has 0 radical (unpaired) electrons. The molecule has 3 aromatic heterocycles. The van der Waals surface area contributed by atoms with E-state index in [1.807, 2.05) is 26.0 Å². The monoisotopic (exact) mass is 518 g/mol. The molecule has 3 heterocycles. The van der Waals surface area contributed by atoms with Crippen molar-refractivity contribution in [3.05, 3.63) is 46.1 Å². The van der Waals surface area contributed by atoms with Crippen LogP contribution in [0, 0.1) is 18.3 Å². The number of methoxy groups -OCH3 is 1. The third-order valence-electron chi connectivity index (χ3n) is 5.80. The van der Waals surface area contributed by atoms with Crippen LogP contribution in [-0.2, 0) is 22.5 Å². The highest BCUT2D eigenvalue weighted by molar-refractivity contribution is 5.91. The molecule has 0 aliphatic carbocycles. The Morgan fingerprint density at radius 1 is 1.24 bits per heavy atom. The lowest BCUT2D eigenvalue weighted by Gasteiger charge is -2.12. The highest BCUT2D eigenvalue weighted by atomic mass is 16.5. The summed E-state index contributed by atoms with van der Waals surface area (Å²) in [6.45, 7) is 6.33. The number of amides is 1. The molecule has 0 aliphatic heterocycles. The van der Waals surface area contributed by atoms with Crippen molar-refractivity contribution in [1.82, 2.24) is 29.4 Å². The van der Waals surface area contributed by atoms with E-state index < -0.39 is 0 Å². The normalized spacial score (nSPS) is 11.0. The van der Waals surface area contributed by atoms with Gasteiger partial charge in [0.15, 0.2) is 11.3 Å². The van der Waals surface area contributed by atoms with Gasteiger partial charge in [0, 0.05) is 25.2 Å². The molecule has 0 aliphatic rings. The number of hydrogen-bond donors (Lipinski definition) is 2. The van der Waals surface area contributed by atoms with Crippen LogP contribution in [0.4, 0.5) is 5.82 Å². The van der Waals surface area contributed by atoms with Crippen LogP contribution < -0.4 is 15.6 Å². The number of benzene rings is 1. The number of aromatic amines is 1. The minimum absolute atomic E-state index is 0.110. The third kappa shape index (κ3) is 5.42. The lowest BCUT2D eigenvalue weighted by Crippen LogP contribution is -2.19. The Morgan fingerprint density at radius 2 is 2.05 bits per heavy atom. The first-order chi connectivity index (χ1) is 18.4. The van der Waals surface area contributed by atoms with Crippen LogP contribution in [0.5, 0.6) is 5.75 Å². The minimum atomic E-state index is -0.335. The van der Waals surface area contributed by atoms with Crippen LogP contribution in [0.25, 0.3) is 28.2 Å². The van der Waals surface area contributed by atoms with Crippen LogP contribution >= 0.6 is 0 Å². The number of imidazole rings is 1. The summed E-state index contributed by atoms with van der Waals surface area (Å²) >= 11 is 0. The van der Waals surface area contributed by atoms with Gasteiger partial charge in [0.05, 0.1) is 42.6 Å². The Labute approximate surface area is 219 Å². The first-order valence-corrected chi connectivity index (χ1v) is 12.4. The summed E-state index contributed by atoms with van der Waals surface area (Å²) in [4.78, 5) is 32.6. The fourth-order valence-corrected chi connectivity index (χ4v) is 4.19. The lowest BCUT2D eigenvalue weighted by atomic mass is 10.1. The largest absolute Gasteiger partial charge is 0.493 e. The van der Waals surface area contributed by atoms with E-state index in [0.717, 1.165) is 6.42 Å². The molecule has 0 saturated carbocycles. The van der Waals surface area contributed by atoms with Gasteiger partial charge >= 0.3 is 0 Å². The summed E-state index contributed by atoms with van der Waals surface area (Å²) in [6.07, 6.45) is 1.76. The van der Waals surface area contributed by atoms with E-state index in [1.165, 1.54) is 7.11 Å². The molecular formula is C26H30N8O4. The minimum Gasteiger partial charge on any atom is -0.493 e. The summed E-state index contributed by atoms with van der Waals surface area (Å²) in [7, 11) is 1.44. The summed E-state index contributed by atoms with van der Waals surface area (Å²) < 4.78 is 13.9. The van der Waals surface area contributed by atoms with Crippen LogP contribution in [0.1, 0.15) is 38.2 Å². The Balaban J connectivity index is 1.83.